The van der Waals surface area contributed by atoms with Gasteiger partial charge in [-0.15, -0.1) is 0 Å². The van der Waals surface area contributed by atoms with Crippen LogP contribution in [0.1, 0.15) is 55.9 Å². The molecule has 1 atom stereocenters. The minimum Gasteiger partial charge on any atom is -0.383 e. The van der Waals surface area contributed by atoms with Crippen LogP contribution in [0.15, 0.2) is 22.9 Å². The number of rotatable bonds is 4. The lowest BCUT2D eigenvalue weighted by atomic mass is 10.2. The van der Waals surface area contributed by atoms with E-state index in [1.54, 1.807) is 6.20 Å². The molecule has 6 nitrogen and oxygen atoms in total. The predicted octanol–water partition coefficient (Wildman–Crippen LogP) is 2.51. The van der Waals surface area contributed by atoms with Gasteiger partial charge in [-0.3, -0.25) is 4.90 Å². The normalized spacial score (nSPS) is 19.5. The van der Waals surface area contributed by atoms with Gasteiger partial charge in [0.25, 0.3) is 0 Å². The Morgan fingerprint density at radius 2 is 2.33 bits per heavy atom. The fourth-order valence-corrected chi connectivity index (χ4v) is 2.72. The van der Waals surface area contributed by atoms with Crippen LogP contribution >= 0.6 is 0 Å². The van der Waals surface area contributed by atoms with Crippen LogP contribution in [0, 0.1) is 0 Å². The highest BCUT2D eigenvalue weighted by atomic mass is 16.5. The van der Waals surface area contributed by atoms with Crippen molar-refractivity contribution in [2.24, 2.45) is 0 Å². The highest BCUT2D eigenvalue weighted by molar-refractivity contribution is 5.38. The number of hydrogen-bond acceptors (Lipinski definition) is 6. The van der Waals surface area contributed by atoms with Crippen LogP contribution < -0.4 is 5.73 Å². The van der Waals surface area contributed by atoms with E-state index in [-0.39, 0.29) is 12.0 Å². The fraction of sp³-hybridized carbons (Fsp3) is 0.533. The molecule has 2 aromatic rings. The minimum atomic E-state index is 0.185. The van der Waals surface area contributed by atoms with Crippen molar-refractivity contribution in [2.75, 3.05) is 12.3 Å². The summed E-state index contributed by atoms with van der Waals surface area (Å²) in [6, 6.07) is 4.12. The molecule has 0 spiro atoms. The summed E-state index contributed by atoms with van der Waals surface area (Å²) in [5.74, 6) is 2.37. The first-order valence-corrected chi connectivity index (χ1v) is 7.42. The van der Waals surface area contributed by atoms with Gasteiger partial charge in [-0.05, 0) is 25.5 Å². The number of nitrogens with two attached hydrogens (primary N) is 1. The highest BCUT2D eigenvalue weighted by Gasteiger charge is 2.31. The monoisotopic (exact) mass is 287 g/mol. The number of hydrogen-bond donors (Lipinski definition) is 1. The van der Waals surface area contributed by atoms with Crippen LogP contribution in [0.2, 0.25) is 0 Å². The van der Waals surface area contributed by atoms with Gasteiger partial charge in [-0.2, -0.15) is 4.98 Å². The van der Waals surface area contributed by atoms with E-state index in [1.165, 1.54) is 0 Å². The number of anilines is 1. The number of likely N-dealkylation sites (tertiary alicyclic amines) is 1. The summed E-state index contributed by atoms with van der Waals surface area (Å²) in [4.78, 5) is 11.0. The molecule has 6 heteroatoms. The maximum Gasteiger partial charge on any atom is 0.244 e. The molecule has 1 saturated heterocycles. The maximum absolute atomic E-state index is 5.94. The summed E-state index contributed by atoms with van der Waals surface area (Å²) in [7, 11) is 0. The summed E-state index contributed by atoms with van der Waals surface area (Å²) < 4.78 is 5.46. The standard InChI is InChI=1S/C15H21N5O/c1-10(2)14-18-15(21-19-14)12-6-4-8-20(12)9-11-5-3-7-17-13(11)16/h3,5,7,10,12H,4,6,8-9H2,1-2H3,(H2,16,17)/t12-/m0/s1. The first-order chi connectivity index (χ1) is 10.1. The third kappa shape index (κ3) is 2.90. The van der Waals surface area contributed by atoms with Crippen molar-refractivity contribution in [1.82, 2.24) is 20.0 Å². The Morgan fingerprint density at radius 1 is 1.48 bits per heavy atom. The molecular formula is C15H21N5O. The first kappa shape index (κ1) is 14.0. The predicted molar refractivity (Wildman–Crippen MR) is 79.4 cm³/mol. The summed E-state index contributed by atoms with van der Waals surface area (Å²) in [6.45, 7) is 5.91. The van der Waals surface area contributed by atoms with Crippen LogP contribution in [0.3, 0.4) is 0 Å². The molecule has 3 heterocycles. The second-order valence-electron chi connectivity index (χ2n) is 5.82. The smallest absolute Gasteiger partial charge is 0.244 e. The van der Waals surface area contributed by atoms with Crippen LogP contribution in [0.4, 0.5) is 5.82 Å². The summed E-state index contributed by atoms with van der Waals surface area (Å²) >= 11 is 0. The zero-order chi connectivity index (χ0) is 14.8. The van der Waals surface area contributed by atoms with Crippen molar-refractivity contribution in [3.63, 3.8) is 0 Å². The average molecular weight is 287 g/mol. The third-order valence-corrected chi connectivity index (χ3v) is 3.92. The van der Waals surface area contributed by atoms with Crippen molar-refractivity contribution >= 4 is 5.82 Å². The Morgan fingerprint density at radius 3 is 3.05 bits per heavy atom. The van der Waals surface area contributed by atoms with Gasteiger partial charge >= 0.3 is 0 Å². The second kappa shape index (κ2) is 5.81. The SMILES string of the molecule is CC(C)c1noc([C@@H]2CCCN2Cc2cccnc2N)n1. The molecule has 0 aromatic carbocycles. The quantitative estimate of drug-likeness (QED) is 0.930. The molecule has 3 rings (SSSR count). The number of nitrogen functional groups attached to an aromatic ring is 1. The van der Waals surface area contributed by atoms with Gasteiger partial charge in [0, 0.05) is 24.2 Å². The third-order valence-electron chi connectivity index (χ3n) is 3.92. The Kier molecular flexibility index (Phi) is 3.88. The van der Waals surface area contributed by atoms with E-state index in [0.717, 1.165) is 43.2 Å². The molecule has 0 aliphatic carbocycles. The van der Waals surface area contributed by atoms with E-state index in [0.29, 0.717) is 5.82 Å². The zero-order valence-electron chi connectivity index (χ0n) is 12.5. The zero-order valence-corrected chi connectivity index (χ0v) is 12.5. The van der Waals surface area contributed by atoms with Crippen molar-refractivity contribution in [1.29, 1.82) is 0 Å². The molecule has 2 aromatic heterocycles. The fourth-order valence-electron chi connectivity index (χ4n) is 2.72. The summed E-state index contributed by atoms with van der Waals surface area (Å²) in [5.41, 5.74) is 6.99. The molecule has 1 aliphatic rings. The van der Waals surface area contributed by atoms with Gasteiger partial charge in [0.1, 0.15) is 5.82 Å². The Labute approximate surface area is 124 Å². The lowest BCUT2D eigenvalue weighted by Gasteiger charge is -2.21. The average Bonchev–Trinajstić information content (AvgIpc) is 3.09. The van der Waals surface area contributed by atoms with Gasteiger partial charge in [-0.1, -0.05) is 25.1 Å². The molecule has 112 valence electrons. The highest BCUT2D eigenvalue weighted by Crippen LogP contribution is 2.33. The Hall–Kier alpha value is -1.95. The number of nitrogens with zero attached hydrogens (tertiary/aromatic N) is 4. The molecule has 21 heavy (non-hydrogen) atoms. The molecule has 0 radical (unpaired) electrons. The summed E-state index contributed by atoms with van der Waals surface area (Å²) in [5, 5.41) is 4.07. The van der Waals surface area contributed by atoms with Gasteiger partial charge in [0.05, 0.1) is 6.04 Å². The van der Waals surface area contributed by atoms with Crippen LogP contribution in [0.25, 0.3) is 0 Å². The minimum absolute atomic E-state index is 0.185. The van der Waals surface area contributed by atoms with Gasteiger partial charge in [-0.25, -0.2) is 4.98 Å². The second-order valence-corrected chi connectivity index (χ2v) is 5.82. The molecule has 0 saturated carbocycles. The van der Waals surface area contributed by atoms with E-state index in [4.69, 9.17) is 10.3 Å². The van der Waals surface area contributed by atoms with Crippen molar-refractivity contribution in [3.8, 4) is 0 Å². The van der Waals surface area contributed by atoms with Gasteiger partial charge < -0.3 is 10.3 Å². The summed E-state index contributed by atoms with van der Waals surface area (Å²) in [6.07, 6.45) is 3.89. The van der Waals surface area contributed by atoms with Crippen molar-refractivity contribution in [2.45, 2.75) is 45.2 Å². The number of aromatic nitrogens is 3. The van der Waals surface area contributed by atoms with E-state index < -0.39 is 0 Å². The molecule has 2 N–H and O–H groups in total. The van der Waals surface area contributed by atoms with E-state index in [1.807, 2.05) is 12.1 Å². The van der Waals surface area contributed by atoms with Gasteiger partial charge in [0.15, 0.2) is 5.82 Å². The lowest BCUT2D eigenvalue weighted by molar-refractivity contribution is 0.201. The number of pyridine rings is 1. The molecular weight excluding hydrogens is 266 g/mol. The van der Waals surface area contributed by atoms with Crippen LogP contribution in [0.5, 0.6) is 0 Å². The molecule has 0 unspecified atom stereocenters. The van der Waals surface area contributed by atoms with Crippen LogP contribution in [-0.4, -0.2) is 26.6 Å². The van der Waals surface area contributed by atoms with E-state index in [9.17, 15) is 0 Å². The molecule has 0 amide bonds. The maximum atomic E-state index is 5.94. The largest absolute Gasteiger partial charge is 0.383 e. The van der Waals surface area contributed by atoms with Crippen LogP contribution in [-0.2, 0) is 6.54 Å². The van der Waals surface area contributed by atoms with Crippen molar-refractivity contribution in [3.05, 3.63) is 35.6 Å². The Bertz CT molecular complexity index is 610. The van der Waals surface area contributed by atoms with Gasteiger partial charge in [0.2, 0.25) is 5.89 Å². The lowest BCUT2D eigenvalue weighted by Crippen LogP contribution is -2.23. The molecule has 0 bridgehead atoms. The van der Waals surface area contributed by atoms with E-state index in [2.05, 4.69) is 33.9 Å². The Balaban J connectivity index is 1.77. The molecule has 1 aliphatic heterocycles. The van der Waals surface area contributed by atoms with Crippen molar-refractivity contribution < 1.29 is 4.52 Å². The first-order valence-electron chi connectivity index (χ1n) is 7.42. The van der Waals surface area contributed by atoms with E-state index >= 15 is 0 Å². The topological polar surface area (TPSA) is 81.1 Å². The molecule has 1 fully saturated rings.